The molecule has 1 aliphatic heterocycles. The summed E-state index contributed by atoms with van der Waals surface area (Å²) in [4.78, 5) is 21.8. The quantitative estimate of drug-likeness (QED) is 0.692. The Morgan fingerprint density at radius 1 is 1.24 bits per heavy atom. The summed E-state index contributed by atoms with van der Waals surface area (Å²) in [6, 6.07) is 11.1. The first-order valence-corrected chi connectivity index (χ1v) is 10.4. The lowest BCUT2D eigenvalue weighted by atomic mass is 9.72. The van der Waals surface area contributed by atoms with Gasteiger partial charge in [0.1, 0.15) is 0 Å². The molecule has 0 unspecified atom stereocenters. The molecule has 0 radical (unpaired) electrons. The molecule has 2 aliphatic rings. The average molecular weight is 389 g/mol. The zero-order chi connectivity index (χ0) is 20.1. The zero-order valence-corrected chi connectivity index (χ0v) is 17.4. The van der Waals surface area contributed by atoms with Crippen LogP contribution in [0.25, 0.3) is 10.9 Å². The largest absolute Gasteiger partial charge is 0.350 e. The van der Waals surface area contributed by atoms with Crippen LogP contribution in [0, 0.1) is 5.92 Å². The maximum absolute atomic E-state index is 13.3. The second-order valence-corrected chi connectivity index (χ2v) is 8.81. The summed E-state index contributed by atoms with van der Waals surface area (Å²) < 4.78 is 2.25. The molecule has 1 amide bonds. The van der Waals surface area contributed by atoms with E-state index >= 15 is 0 Å². The minimum atomic E-state index is 0.0310. The highest BCUT2D eigenvalue weighted by molar-refractivity contribution is 5.89. The van der Waals surface area contributed by atoms with Crippen molar-refractivity contribution < 1.29 is 4.79 Å². The van der Waals surface area contributed by atoms with Crippen molar-refractivity contribution in [3.8, 4) is 0 Å². The number of hydrogen-bond acceptors (Lipinski definition) is 3. The molecular weight excluding hydrogens is 360 g/mol. The van der Waals surface area contributed by atoms with Crippen molar-refractivity contribution in [2.24, 2.45) is 13.0 Å². The number of rotatable bonds is 3. The molecule has 5 nitrogen and oxygen atoms in total. The third kappa shape index (κ3) is 3.04. The monoisotopic (exact) mass is 388 g/mol. The number of nitrogens with zero attached hydrogens (tertiary/aromatic N) is 4. The number of aromatic nitrogens is 2. The predicted octanol–water partition coefficient (Wildman–Crippen LogP) is 3.19. The number of pyridine rings is 1. The topological polar surface area (TPSA) is 41.4 Å². The third-order valence-corrected chi connectivity index (χ3v) is 6.90. The van der Waals surface area contributed by atoms with Crippen molar-refractivity contribution in [1.29, 1.82) is 0 Å². The Morgan fingerprint density at radius 2 is 2.10 bits per heavy atom. The number of likely N-dealkylation sites (tertiary alicyclic amines) is 1. The smallest absolute Gasteiger partial charge is 0.227 e. The van der Waals surface area contributed by atoms with E-state index in [1.54, 1.807) is 6.20 Å². The molecule has 0 spiro atoms. The molecule has 3 atom stereocenters. The Balaban J connectivity index is 1.42. The number of likely N-dealkylation sites (N-methyl/N-ethyl adjacent to an activating group) is 1. The van der Waals surface area contributed by atoms with Gasteiger partial charge in [-0.3, -0.25) is 9.78 Å². The van der Waals surface area contributed by atoms with E-state index in [9.17, 15) is 4.79 Å². The summed E-state index contributed by atoms with van der Waals surface area (Å²) in [7, 11) is 6.23. The van der Waals surface area contributed by atoms with Gasteiger partial charge < -0.3 is 14.4 Å². The molecule has 3 aromatic rings. The van der Waals surface area contributed by atoms with Gasteiger partial charge in [0, 0.05) is 68.6 Å². The lowest BCUT2D eigenvalue weighted by Crippen LogP contribution is -2.51. The van der Waals surface area contributed by atoms with Gasteiger partial charge in [-0.05, 0) is 48.7 Å². The highest BCUT2D eigenvalue weighted by Crippen LogP contribution is 2.45. The van der Waals surface area contributed by atoms with E-state index in [2.05, 4.69) is 52.9 Å². The van der Waals surface area contributed by atoms with E-state index in [0.717, 1.165) is 24.9 Å². The minimum absolute atomic E-state index is 0.0310. The van der Waals surface area contributed by atoms with Crippen molar-refractivity contribution in [3.05, 3.63) is 65.6 Å². The molecule has 150 valence electrons. The van der Waals surface area contributed by atoms with Crippen LogP contribution in [0.1, 0.15) is 29.0 Å². The van der Waals surface area contributed by atoms with E-state index in [0.29, 0.717) is 18.5 Å². The van der Waals surface area contributed by atoms with Gasteiger partial charge in [-0.1, -0.05) is 18.2 Å². The van der Waals surface area contributed by atoms with Gasteiger partial charge in [-0.15, -0.1) is 0 Å². The molecule has 2 aromatic heterocycles. The molecule has 5 heteroatoms. The first-order valence-electron chi connectivity index (χ1n) is 10.4. The van der Waals surface area contributed by atoms with Gasteiger partial charge in [0.25, 0.3) is 0 Å². The summed E-state index contributed by atoms with van der Waals surface area (Å²) in [5.41, 5.74) is 5.25. The van der Waals surface area contributed by atoms with Gasteiger partial charge in [0.05, 0.1) is 5.92 Å². The number of benzene rings is 1. The zero-order valence-electron chi connectivity index (χ0n) is 17.4. The van der Waals surface area contributed by atoms with Gasteiger partial charge in [-0.25, -0.2) is 0 Å². The van der Waals surface area contributed by atoms with E-state index in [4.69, 9.17) is 0 Å². The molecule has 5 rings (SSSR count). The molecule has 1 aliphatic carbocycles. The Hall–Kier alpha value is -2.66. The minimum Gasteiger partial charge on any atom is -0.350 e. The summed E-state index contributed by atoms with van der Waals surface area (Å²) in [6.07, 6.45) is 7.90. The Labute approximate surface area is 171 Å². The van der Waals surface area contributed by atoms with Gasteiger partial charge in [-0.2, -0.15) is 0 Å². The number of hydrogen-bond donors (Lipinski definition) is 0. The van der Waals surface area contributed by atoms with Crippen LogP contribution >= 0.6 is 0 Å². The van der Waals surface area contributed by atoms with E-state index < -0.39 is 0 Å². The standard InChI is InChI=1S/C24H28N4O/c1-26-14-17-11-22-20(19-7-4-8-21(26)23(17)19)10-18(15-27(22)2)24(29)28(3)13-16-6-5-9-25-12-16/h4-9,12,14,18,20,22H,10-11,13,15H2,1-3H3/t18-,20-,22-/m1/s1. The maximum Gasteiger partial charge on any atom is 0.227 e. The summed E-state index contributed by atoms with van der Waals surface area (Å²) in [6.45, 7) is 1.44. The van der Waals surface area contributed by atoms with Crippen LogP contribution in [0.15, 0.2) is 48.9 Å². The number of aryl methyl sites for hydroxylation is 1. The normalized spacial score (nSPS) is 23.8. The number of carbonyl (C=O) groups excluding carboxylic acids is 1. The van der Waals surface area contributed by atoms with Crippen LogP contribution in [0.3, 0.4) is 0 Å². The molecule has 29 heavy (non-hydrogen) atoms. The summed E-state index contributed by atoms with van der Waals surface area (Å²) in [5, 5.41) is 1.42. The molecule has 1 aromatic carbocycles. The summed E-state index contributed by atoms with van der Waals surface area (Å²) in [5.74, 6) is 0.682. The Kier molecular flexibility index (Phi) is 4.43. The van der Waals surface area contributed by atoms with E-state index in [1.165, 1.54) is 22.0 Å². The average Bonchev–Trinajstić information content (AvgIpc) is 3.05. The van der Waals surface area contributed by atoms with Gasteiger partial charge in [0.15, 0.2) is 0 Å². The van der Waals surface area contributed by atoms with Crippen molar-refractivity contribution in [1.82, 2.24) is 19.4 Å². The van der Waals surface area contributed by atoms with Crippen LogP contribution in [-0.4, -0.2) is 51.9 Å². The van der Waals surface area contributed by atoms with Gasteiger partial charge >= 0.3 is 0 Å². The molecule has 0 saturated carbocycles. The second kappa shape index (κ2) is 6.99. The highest BCUT2D eigenvalue weighted by atomic mass is 16.2. The van der Waals surface area contributed by atoms with Crippen LogP contribution in [0.4, 0.5) is 0 Å². The van der Waals surface area contributed by atoms with Crippen LogP contribution in [-0.2, 0) is 24.8 Å². The molecule has 0 N–H and O–H groups in total. The molecule has 1 fully saturated rings. The van der Waals surface area contributed by atoms with Crippen molar-refractivity contribution >= 4 is 16.8 Å². The molecular formula is C24H28N4O. The number of fused-ring (bicyclic) bond motifs is 2. The maximum atomic E-state index is 13.3. The number of amides is 1. The molecule has 1 saturated heterocycles. The predicted molar refractivity (Wildman–Crippen MR) is 115 cm³/mol. The number of carbonyl (C=O) groups is 1. The highest BCUT2D eigenvalue weighted by Gasteiger charge is 2.42. The van der Waals surface area contributed by atoms with Crippen LogP contribution < -0.4 is 0 Å². The Morgan fingerprint density at radius 3 is 2.90 bits per heavy atom. The molecule has 0 bridgehead atoms. The SMILES string of the molecule is CN(Cc1cccnc1)C(=O)[C@@H]1C[C@@H]2c3cccc4c3c(cn4C)C[C@H]2N(C)C1. The fraction of sp³-hybridized carbons (Fsp3) is 0.417. The molecule has 3 heterocycles. The van der Waals surface area contributed by atoms with Crippen molar-refractivity contribution in [2.45, 2.75) is 31.3 Å². The van der Waals surface area contributed by atoms with Crippen LogP contribution in [0.5, 0.6) is 0 Å². The fourth-order valence-corrected chi connectivity index (χ4v) is 5.55. The fourth-order valence-electron chi connectivity index (χ4n) is 5.55. The first kappa shape index (κ1) is 18.4. The lowest BCUT2D eigenvalue weighted by molar-refractivity contribution is -0.137. The van der Waals surface area contributed by atoms with Crippen LogP contribution in [0.2, 0.25) is 0 Å². The van der Waals surface area contributed by atoms with Crippen molar-refractivity contribution in [3.63, 3.8) is 0 Å². The first-order chi connectivity index (χ1) is 14.0. The third-order valence-electron chi connectivity index (χ3n) is 6.90. The summed E-state index contributed by atoms with van der Waals surface area (Å²) >= 11 is 0. The Bertz CT molecular complexity index is 1060. The lowest BCUT2D eigenvalue weighted by Gasteiger charge is -2.45. The van der Waals surface area contributed by atoms with E-state index in [1.807, 2.05) is 30.3 Å². The van der Waals surface area contributed by atoms with Crippen molar-refractivity contribution in [2.75, 3.05) is 20.6 Å². The number of piperidine rings is 1. The van der Waals surface area contributed by atoms with Gasteiger partial charge in [0.2, 0.25) is 5.91 Å². The van der Waals surface area contributed by atoms with E-state index in [-0.39, 0.29) is 11.8 Å². The second-order valence-electron chi connectivity index (χ2n) is 8.81.